The SMILES string of the molecule is CCN1C(=O)C(=C2Sc3ccccc3N2C)C(=O)N(CC)C1=S. The van der Waals surface area contributed by atoms with Gasteiger partial charge >= 0.3 is 0 Å². The summed E-state index contributed by atoms with van der Waals surface area (Å²) in [7, 11) is 1.88. The van der Waals surface area contributed by atoms with Crippen LogP contribution in [0.2, 0.25) is 0 Å². The Hall–Kier alpha value is -1.86. The van der Waals surface area contributed by atoms with E-state index in [-0.39, 0.29) is 22.5 Å². The number of amides is 2. The van der Waals surface area contributed by atoms with Gasteiger partial charge in [-0.25, -0.2) is 0 Å². The first kappa shape index (κ1) is 16.0. The number of carbonyl (C=O) groups is 2. The molecule has 5 nitrogen and oxygen atoms in total. The number of para-hydroxylation sites is 1. The Kier molecular flexibility index (Phi) is 4.16. The predicted molar refractivity (Wildman–Crippen MR) is 95.1 cm³/mol. The molecule has 1 saturated heterocycles. The van der Waals surface area contributed by atoms with Crippen molar-refractivity contribution in [2.24, 2.45) is 0 Å². The standard InChI is InChI=1S/C16H17N3O2S2/c1-4-18-13(20)12(14(21)19(5-2)16(18)22)15-17(3)10-8-6-7-9-11(10)23-15/h6-9H,4-5H2,1-3H3. The van der Waals surface area contributed by atoms with Crippen LogP contribution in [0.5, 0.6) is 0 Å². The largest absolute Gasteiger partial charge is 0.337 e. The van der Waals surface area contributed by atoms with Gasteiger partial charge in [-0.3, -0.25) is 19.4 Å². The van der Waals surface area contributed by atoms with Crippen LogP contribution in [-0.4, -0.2) is 46.9 Å². The number of nitrogens with zero attached hydrogens (tertiary/aromatic N) is 3. The maximum Gasteiger partial charge on any atom is 0.268 e. The number of hydrogen-bond acceptors (Lipinski definition) is 5. The molecule has 0 aliphatic carbocycles. The second-order valence-corrected chi connectivity index (χ2v) is 6.59. The van der Waals surface area contributed by atoms with Crippen LogP contribution in [0.1, 0.15) is 13.8 Å². The summed E-state index contributed by atoms with van der Waals surface area (Å²) in [5, 5.41) is 0.957. The van der Waals surface area contributed by atoms with Crippen molar-refractivity contribution in [1.29, 1.82) is 0 Å². The summed E-state index contributed by atoms with van der Waals surface area (Å²) in [5.74, 6) is -0.622. The van der Waals surface area contributed by atoms with E-state index >= 15 is 0 Å². The van der Waals surface area contributed by atoms with Crippen LogP contribution >= 0.6 is 24.0 Å². The highest BCUT2D eigenvalue weighted by Crippen LogP contribution is 2.46. The van der Waals surface area contributed by atoms with Crippen LogP contribution < -0.4 is 4.90 Å². The Morgan fingerprint density at radius 3 is 2.13 bits per heavy atom. The van der Waals surface area contributed by atoms with E-state index < -0.39 is 0 Å². The van der Waals surface area contributed by atoms with Crippen molar-refractivity contribution >= 4 is 46.6 Å². The average molecular weight is 347 g/mol. The molecule has 0 atom stereocenters. The van der Waals surface area contributed by atoms with Crippen LogP contribution in [0.4, 0.5) is 5.69 Å². The zero-order chi connectivity index (χ0) is 16.7. The van der Waals surface area contributed by atoms with Gasteiger partial charge in [-0.15, -0.1) is 0 Å². The minimum absolute atomic E-state index is 0.200. The summed E-state index contributed by atoms with van der Waals surface area (Å²) in [5.41, 5.74) is 1.20. The van der Waals surface area contributed by atoms with Crippen molar-refractivity contribution < 1.29 is 9.59 Å². The lowest BCUT2D eigenvalue weighted by Crippen LogP contribution is -2.56. The van der Waals surface area contributed by atoms with Crippen LogP contribution in [-0.2, 0) is 9.59 Å². The molecule has 1 aromatic carbocycles. The number of benzene rings is 1. The first-order valence-corrected chi connectivity index (χ1v) is 8.66. The van der Waals surface area contributed by atoms with E-state index in [4.69, 9.17) is 12.2 Å². The van der Waals surface area contributed by atoms with Gasteiger partial charge in [-0.05, 0) is 38.2 Å². The molecule has 0 aromatic heterocycles. The number of thioether (sulfide) groups is 1. The molecule has 0 radical (unpaired) electrons. The maximum absolute atomic E-state index is 12.8. The second-order valence-electron chi connectivity index (χ2n) is 5.19. The average Bonchev–Trinajstić information content (AvgIpc) is 2.86. The minimum atomic E-state index is -0.311. The molecule has 1 aromatic rings. The van der Waals surface area contributed by atoms with E-state index in [0.717, 1.165) is 10.6 Å². The third kappa shape index (κ3) is 2.35. The van der Waals surface area contributed by atoms with E-state index in [0.29, 0.717) is 18.1 Å². The number of thiocarbonyl (C=S) groups is 1. The van der Waals surface area contributed by atoms with Crippen molar-refractivity contribution in [3.05, 3.63) is 34.9 Å². The van der Waals surface area contributed by atoms with E-state index in [1.807, 2.05) is 50.1 Å². The smallest absolute Gasteiger partial charge is 0.268 e. The summed E-state index contributed by atoms with van der Waals surface area (Å²) in [4.78, 5) is 31.5. The Balaban J connectivity index is 2.12. The fraction of sp³-hybridized carbons (Fsp3) is 0.312. The van der Waals surface area contributed by atoms with Gasteiger partial charge in [0, 0.05) is 25.0 Å². The van der Waals surface area contributed by atoms with Gasteiger partial charge in [0.25, 0.3) is 11.8 Å². The van der Waals surface area contributed by atoms with Crippen molar-refractivity contribution in [3.8, 4) is 0 Å². The molecule has 0 unspecified atom stereocenters. The van der Waals surface area contributed by atoms with Gasteiger partial charge in [0.2, 0.25) is 0 Å². The molecule has 0 bridgehead atoms. The van der Waals surface area contributed by atoms with Gasteiger partial charge < -0.3 is 4.90 Å². The molecule has 2 aliphatic heterocycles. The minimum Gasteiger partial charge on any atom is -0.337 e. The highest BCUT2D eigenvalue weighted by Gasteiger charge is 2.42. The molecule has 0 saturated carbocycles. The third-order valence-electron chi connectivity index (χ3n) is 3.96. The molecule has 2 amide bonds. The fourth-order valence-corrected chi connectivity index (χ4v) is 4.34. The highest BCUT2D eigenvalue weighted by molar-refractivity contribution is 8.03. The summed E-state index contributed by atoms with van der Waals surface area (Å²) in [6, 6.07) is 7.86. The quantitative estimate of drug-likeness (QED) is 0.467. The van der Waals surface area contributed by atoms with Gasteiger partial charge in [0.05, 0.1) is 10.7 Å². The molecular weight excluding hydrogens is 330 g/mol. The van der Waals surface area contributed by atoms with Crippen LogP contribution in [0.25, 0.3) is 0 Å². The summed E-state index contributed by atoms with van der Waals surface area (Å²) < 4.78 is 0. The number of anilines is 1. The van der Waals surface area contributed by atoms with Crippen LogP contribution in [0, 0.1) is 0 Å². The third-order valence-corrected chi connectivity index (χ3v) is 5.64. The number of carbonyl (C=O) groups excluding carboxylic acids is 2. The molecule has 2 aliphatic rings. The highest BCUT2D eigenvalue weighted by atomic mass is 32.2. The van der Waals surface area contributed by atoms with E-state index in [9.17, 15) is 9.59 Å². The lowest BCUT2D eigenvalue weighted by Gasteiger charge is -2.36. The van der Waals surface area contributed by atoms with Gasteiger partial charge in [-0.1, -0.05) is 23.9 Å². The lowest BCUT2D eigenvalue weighted by molar-refractivity contribution is -0.133. The van der Waals surface area contributed by atoms with Gasteiger partial charge in [0.1, 0.15) is 5.57 Å². The van der Waals surface area contributed by atoms with Crippen molar-refractivity contribution in [1.82, 2.24) is 9.80 Å². The summed E-state index contributed by atoms with van der Waals surface area (Å²) in [6.45, 7) is 4.60. The van der Waals surface area contributed by atoms with E-state index in [1.165, 1.54) is 21.6 Å². The number of likely N-dealkylation sites (N-methyl/N-ethyl adjacent to an activating group) is 2. The first-order chi connectivity index (χ1) is 11.0. The monoisotopic (exact) mass is 347 g/mol. The Labute approximate surface area is 144 Å². The molecule has 1 fully saturated rings. The fourth-order valence-electron chi connectivity index (χ4n) is 2.74. The first-order valence-electron chi connectivity index (χ1n) is 7.43. The molecule has 2 heterocycles. The van der Waals surface area contributed by atoms with Crippen LogP contribution in [0.15, 0.2) is 39.8 Å². The van der Waals surface area contributed by atoms with E-state index in [1.54, 1.807) is 0 Å². The predicted octanol–water partition coefficient (Wildman–Crippen LogP) is 2.44. The van der Waals surface area contributed by atoms with Gasteiger partial charge in [-0.2, -0.15) is 0 Å². The molecular formula is C16H17N3O2S2. The Bertz CT molecular complexity index is 717. The lowest BCUT2D eigenvalue weighted by atomic mass is 10.1. The summed E-state index contributed by atoms with van der Waals surface area (Å²) in [6.07, 6.45) is 0. The molecule has 3 rings (SSSR count). The topological polar surface area (TPSA) is 43.9 Å². The maximum atomic E-state index is 12.8. The van der Waals surface area contributed by atoms with Crippen LogP contribution in [0.3, 0.4) is 0 Å². The van der Waals surface area contributed by atoms with Gasteiger partial charge in [0.15, 0.2) is 5.11 Å². The number of hydrogen-bond donors (Lipinski definition) is 0. The number of fused-ring (bicyclic) bond motifs is 1. The second kappa shape index (κ2) is 5.98. The zero-order valence-corrected chi connectivity index (χ0v) is 14.8. The van der Waals surface area contributed by atoms with E-state index in [2.05, 4.69) is 0 Å². The molecule has 120 valence electrons. The molecule has 0 spiro atoms. The van der Waals surface area contributed by atoms with Crippen molar-refractivity contribution in [3.63, 3.8) is 0 Å². The molecule has 7 heteroatoms. The zero-order valence-electron chi connectivity index (χ0n) is 13.2. The van der Waals surface area contributed by atoms with Crippen molar-refractivity contribution in [2.75, 3.05) is 25.0 Å². The molecule has 23 heavy (non-hydrogen) atoms. The Morgan fingerprint density at radius 2 is 1.61 bits per heavy atom. The molecule has 0 N–H and O–H groups in total. The Morgan fingerprint density at radius 1 is 1.04 bits per heavy atom. The summed E-state index contributed by atoms with van der Waals surface area (Å²) >= 11 is 6.75. The normalized spacial score (nSPS) is 18.2. The number of rotatable bonds is 2. The van der Waals surface area contributed by atoms with Crippen molar-refractivity contribution in [2.45, 2.75) is 18.7 Å².